The van der Waals surface area contributed by atoms with Crippen molar-refractivity contribution < 1.29 is 23.1 Å². The molecular weight excluding hydrogens is 344 g/mol. The molecule has 1 saturated carbocycles. The number of benzene rings is 1. The molecule has 1 aliphatic rings. The van der Waals surface area contributed by atoms with Crippen LogP contribution in [0.15, 0.2) is 23.1 Å². The lowest BCUT2D eigenvalue weighted by Crippen LogP contribution is -2.42. The molecule has 1 aromatic carbocycles. The molecule has 0 spiro atoms. The van der Waals surface area contributed by atoms with Crippen molar-refractivity contribution in [2.45, 2.75) is 57.0 Å². The number of carbonyl (C=O) groups is 2. The molecule has 138 valence electrons. The zero-order valence-corrected chi connectivity index (χ0v) is 15.4. The highest BCUT2D eigenvalue weighted by Crippen LogP contribution is 2.23. The Balaban J connectivity index is 2.23. The standard InChI is InChI=1S/C17H24N2O5S/c1-10(2)8-15(17(21)22)18-16(20)14-9-13(7-4-11(14)3)25(23,24)19-12-5-6-12/h4,7,9-10,12,15,19H,5-6,8H2,1-3H3,(H,18,20)(H,21,22)/t15-/m0/s1. The Morgan fingerprint density at radius 3 is 2.44 bits per heavy atom. The zero-order chi connectivity index (χ0) is 18.8. The predicted octanol–water partition coefficient (Wildman–Crippen LogP) is 1.66. The van der Waals surface area contributed by atoms with Crippen LogP contribution in [-0.4, -0.2) is 37.5 Å². The van der Waals surface area contributed by atoms with E-state index in [-0.39, 0.29) is 22.4 Å². The molecule has 0 heterocycles. The fourth-order valence-electron chi connectivity index (χ4n) is 2.43. The molecule has 1 aromatic rings. The lowest BCUT2D eigenvalue weighted by Gasteiger charge is -2.17. The van der Waals surface area contributed by atoms with Crippen molar-refractivity contribution in [2.24, 2.45) is 5.92 Å². The van der Waals surface area contributed by atoms with E-state index in [1.807, 2.05) is 13.8 Å². The van der Waals surface area contributed by atoms with Gasteiger partial charge in [0.15, 0.2) is 0 Å². The van der Waals surface area contributed by atoms with Crippen LogP contribution in [0, 0.1) is 12.8 Å². The van der Waals surface area contributed by atoms with Gasteiger partial charge in [-0.1, -0.05) is 19.9 Å². The lowest BCUT2D eigenvalue weighted by molar-refractivity contribution is -0.139. The summed E-state index contributed by atoms with van der Waals surface area (Å²) in [6.07, 6.45) is 1.92. The number of hydrogen-bond acceptors (Lipinski definition) is 4. The van der Waals surface area contributed by atoms with E-state index in [4.69, 9.17) is 0 Å². The number of carboxylic acid groups (broad SMARTS) is 1. The average Bonchev–Trinajstić information content (AvgIpc) is 3.29. The topological polar surface area (TPSA) is 113 Å². The summed E-state index contributed by atoms with van der Waals surface area (Å²) in [7, 11) is -3.68. The number of aryl methyl sites for hydroxylation is 1. The molecule has 3 N–H and O–H groups in total. The van der Waals surface area contributed by atoms with Gasteiger partial charge < -0.3 is 10.4 Å². The summed E-state index contributed by atoms with van der Waals surface area (Å²) < 4.78 is 27.2. The van der Waals surface area contributed by atoms with E-state index >= 15 is 0 Å². The van der Waals surface area contributed by atoms with E-state index in [2.05, 4.69) is 10.0 Å². The van der Waals surface area contributed by atoms with Gasteiger partial charge in [0.25, 0.3) is 5.91 Å². The SMILES string of the molecule is Cc1ccc(S(=O)(=O)NC2CC2)cc1C(=O)N[C@@H](CC(C)C)C(=O)O. The van der Waals surface area contributed by atoms with Gasteiger partial charge in [-0.15, -0.1) is 0 Å². The first-order valence-corrected chi connectivity index (χ1v) is 9.75. The predicted molar refractivity (Wildman–Crippen MR) is 92.9 cm³/mol. The minimum absolute atomic E-state index is 0.00545. The van der Waals surface area contributed by atoms with Gasteiger partial charge in [-0.05, 0) is 49.8 Å². The van der Waals surface area contributed by atoms with Gasteiger partial charge in [0.2, 0.25) is 10.0 Å². The number of amides is 1. The largest absolute Gasteiger partial charge is 0.480 e. The number of hydrogen-bond donors (Lipinski definition) is 3. The first-order valence-electron chi connectivity index (χ1n) is 8.27. The van der Waals surface area contributed by atoms with Gasteiger partial charge in [-0.3, -0.25) is 4.79 Å². The van der Waals surface area contributed by atoms with E-state index in [1.165, 1.54) is 12.1 Å². The molecule has 1 atom stereocenters. The highest BCUT2D eigenvalue weighted by atomic mass is 32.2. The zero-order valence-electron chi connectivity index (χ0n) is 14.6. The maximum Gasteiger partial charge on any atom is 0.326 e. The molecule has 0 bridgehead atoms. The molecule has 0 aliphatic heterocycles. The minimum atomic E-state index is -3.68. The van der Waals surface area contributed by atoms with Gasteiger partial charge in [0.05, 0.1) is 4.90 Å². The smallest absolute Gasteiger partial charge is 0.326 e. The first-order chi connectivity index (χ1) is 11.6. The van der Waals surface area contributed by atoms with Crippen LogP contribution in [0.3, 0.4) is 0 Å². The molecule has 25 heavy (non-hydrogen) atoms. The molecule has 0 saturated heterocycles. The Bertz CT molecular complexity index is 769. The molecule has 7 nitrogen and oxygen atoms in total. The van der Waals surface area contributed by atoms with Crippen molar-refractivity contribution in [3.05, 3.63) is 29.3 Å². The number of rotatable bonds is 8. The highest BCUT2D eigenvalue weighted by molar-refractivity contribution is 7.89. The van der Waals surface area contributed by atoms with E-state index in [1.54, 1.807) is 13.0 Å². The summed E-state index contributed by atoms with van der Waals surface area (Å²) in [5, 5.41) is 11.7. The van der Waals surface area contributed by atoms with Crippen molar-refractivity contribution in [1.82, 2.24) is 10.0 Å². The Kier molecular flexibility index (Phi) is 5.84. The quantitative estimate of drug-likeness (QED) is 0.646. The third-order valence-electron chi connectivity index (χ3n) is 3.97. The number of aliphatic carboxylic acids is 1. The van der Waals surface area contributed by atoms with Crippen molar-refractivity contribution >= 4 is 21.9 Å². The Morgan fingerprint density at radius 1 is 1.28 bits per heavy atom. The maximum absolute atomic E-state index is 12.5. The van der Waals surface area contributed by atoms with Gasteiger partial charge in [0.1, 0.15) is 6.04 Å². The van der Waals surface area contributed by atoms with Gasteiger partial charge in [0, 0.05) is 11.6 Å². The van der Waals surface area contributed by atoms with Crippen molar-refractivity contribution in [1.29, 1.82) is 0 Å². The van der Waals surface area contributed by atoms with Crippen molar-refractivity contribution in [2.75, 3.05) is 0 Å². The van der Waals surface area contributed by atoms with Crippen LogP contribution in [0.4, 0.5) is 0 Å². The molecule has 8 heteroatoms. The molecule has 0 unspecified atom stereocenters. The lowest BCUT2D eigenvalue weighted by atomic mass is 10.0. The number of carbonyl (C=O) groups excluding carboxylic acids is 1. The number of carboxylic acids is 1. The summed E-state index contributed by atoms with van der Waals surface area (Å²) in [6.45, 7) is 5.41. The van der Waals surface area contributed by atoms with E-state index in [9.17, 15) is 23.1 Å². The summed E-state index contributed by atoms with van der Waals surface area (Å²) in [4.78, 5) is 23.8. The van der Waals surface area contributed by atoms with Crippen LogP contribution in [0.5, 0.6) is 0 Å². The normalized spacial score (nSPS) is 15.8. The Hall–Kier alpha value is -1.93. The summed E-state index contributed by atoms with van der Waals surface area (Å²) >= 11 is 0. The van der Waals surface area contributed by atoms with Gasteiger partial charge >= 0.3 is 5.97 Å². The Morgan fingerprint density at radius 2 is 1.92 bits per heavy atom. The highest BCUT2D eigenvalue weighted by Gasteiger charge is 2.29. The second kappa shape index (κ2) is 7.53. The fourth-order valence-corrected chi connectivity index (χ4v) is 3.76. The van der Waals surface area contributed by atoms with Crippen LogP contribution >= 0.6 is 0 Å². The summed E-state index contributed by atoms with van der Waals surface area (Å²) in [5.74, 6) is -1.61. The monoisotopic (exact) mass is 368 g/mol. The molecule has 1 amide bonds. The van der Waals surface area contributed by atoms with Crippen molar-refractivity contribution in [3.8, 4) is 0 Å². The fraction of sp³-hybridized carbons (Fsp3) is 0.529. The Labute approximate surface area is 147 Å². The van der Waals surface area contributed by atoms with E-state index in [0.717, 1.165) is 12.8 Å². The van der Waals surface area contributed by atoms with Crippen LogP contribution in [-0.2, 0) is 14.8 Å². The van der Waals surface area contributed by atoms with Gasteiger partial charge in [-0.25, -0.2) is 17.9 Å². The van der Waals surface area contributed by atoms with Crippen LogP contribution in [0.25, 0.3) is 0 Å². The molecular formula is C17H24N2O5S. The molecule has 0 aromatic heterocycles. The third kappa shape index (κ3) is 5.27. The number of nitrogens with one attached hydrogen (secondary N) is 2. The second-order valence-corrected chi connectivity index (χ2v) is 8.58. The average molecular weight is 368 g/mol. The molecule has 2 rings (SSSR count). The number of sulfonamides is 1. The van der Waals surface area contributed by atoms with Crippen LogP contribution < -0.4 is 10.0 Å². The molecule has 0 radical (unpaired) electrons. The van der Waals surface area contributed by atoms with Crippen LogP contribution in [0.2, 0.25) is 0 Å². The minimum Gasteiger partial charge on any atom is -0.480 e. The van der Waals surface area contributed by atoms with Gasteiger partial charge in [-0.2, -0.15) is 0 Å². The van der Waals surface area contributed by atoms with E-state index < -0.39 is 27.9 Å². The second-order valence-electron chi connectivity index (χ2n) is 6.87. The molecule has 1 aliphatic carbocycles. The van der Waals surface area contributed by atoms with Crippen molar-refractivity contribution in [3.63, 3.8) is 0 Å². The van der Waals surface area contributed by atoms with E-state index in [0.29, 0.717) is 12.0 Å². The summed E-state index contributed by atoms with van der Waals surface area (Å²) in [6, 6.07) is 3.24. The third-order valence-corrected chi connectivity index (χ3v) is 5.49. The van der Waals surface area contributed by atoms with Crippen LogP contribution in [0.1, 0.15) is 49.0 Å². The maximum atomic E-state index is 12.5. The molecule has 1 fully saturated rings. The first kappa shape index (κ1) is 19.4. The summed E-state index contributed by atoms with van der Waals surface area (Å²) in [5.41, 5.74) is 0.741.